The zero-order chi connectivity index (χ0) is 19.3. The molecule has 1 aliphatic rings. The largest absolute Gasteiger partial charge is 0.250 e. The molecule has 1 aliphatic carbocycles. The SMILES string of the molecule is Cc1cc(C)c(/N=C2/c3nc4c(Br)cccc4cc3CCC2(C)C)c(C)c1. The molecule has 0 spiro atoms. The number of aromatic nitrogens is 1. The van der Waals surface area contributed by atoms with Gasteiger partial charge in [0.25, 0.3) is 0 Å². The molecule has 0 amide bonds. The lowest BCUT2D eigenvalue weighted by Gasteiger charge is -2.33. The summed E-state index contributed by atoms with van der Waals surface area (Å²) in [6.07, 6.45) is 2.13. The number of para-hydroxylation sites is 1. The first-order valence-corrected chi connectivity index (χ1v) is 10.3. The van der Waals surface area contributed by atoms with E-state index in [0.29, 0.717) is 0 Å². The number of rotatable bonds is 1. The van der Waals surface area contributed by atoms with E-state index in [2.05, 4.69) is 86.9 Å². The van der Waals surface area contributed by atoms with Gasteiger partial charge in [-0.05, 0) is 78.4 Å². The van der Waals surface area contributed by atoms with Gasteiger partial charge in [0.05, 0.1) is 22.6 Å². The van der Waals surface area contributed by atoms with Gasteiger partial charge in [0.1, 0.15) is 0 Å². The third-order valence-corrected chi connectivity index (χ3v) is 6.26. The van der Waals surface area contributed by atoms with Crippen molar-refractivity contribution in [2.24, 2.45) is 10.4 Å². The van der Waals surface area contributed by atoms with E-state index in [9.17, 15) is 0 Å². The third-order valence-electron chi connectivity index (χ3n) is 5.62. The Labute approximate surface area is 169 Å². The molecule has 0 radical (unpaired) electrons. The van der Waals surface area contributed by atoms with Crippen LogP contribution in [0.15, 0.2) is 45.9 Å². The molecule has 0 fully saturated rings. The second-order valence-electron chi connectivity index (χ2n) is 8.40. The standard InChI is InChI=1S/C24H25BrN2/c1-14-11-15(2)20(16(3)12-14)27-23-22-18(9-10-24(23,4)5)13-17-7-6-8-19(25)21(17)26-22/h6-8,11-13H,9-10H2,1-5H3/b27-23-. The highest BCUT2D eigenvalue weighted by Crippen LogP contribution is 2.39. The number of hydrogen-bond acceptors (Lipinski definition) is 2. The molecule has 0 N–H and O–H groups in total. The van der Waals surface area contributed by atoms with E-state index in [1.165, 1.54) is 27.6 Å². The van der Waals surface area contributed by atoms with E-state index in [0.717, 1.165) is 39.9 Å². The third kappa shape index (κ3) is 3.23. The quantitative estimate of drug-likeness (QED) is 0.415. The van der Waals surface area contributed by atoms with Crippen LogP contribution in [-0.2, 0) is 6.42 Å². The van der Waals surface area contributed by atoms with Gasteiger partial charge >= 0.3 is 0 Å². The van der Waals surface area contributed by atoms with Crippen molar-refractivity contribution in [3.8, 4) is 0 Å². The highest BCUT2D eigenvalue weighted by molar-refractivity contribution is 9.10. The van der Waals surface area contributed by atoms with Crippen LogP contribution in [-0.4, -0.2) is 10.7 Å². The van der Waals surface area contributed by atoms with E-state index < -0.39 is 0 Å². The molecule has 4 rings (SSSR count). The minimum atomic E-state index is -0.00129. The van der Waals surface area contributed by atoms with Crippen molar-refractivity contribution in [2.45, 2.75) is 47.5 Å². The fourth-order valence-electron chi connectivity index (χ4n) is 4.15. The number of pyridine rings is 1. The van der Waals surface area contributed by atoms with E-state index >= 15 is 0 Å². The smallest absolute Gasteiger partial charge is 0.0890 e. The highest BCUT2D eigenvalue weighted by atomic mass is 79.9. The number of benzene rings is 2. The molecule has 0 saturated carbocycles. The minimum Gasteiger partial charge on any atom is -0.250 e. The predicted octanol–water partition coefficient (Wildman–Crippen LogP) is 7.02. The molecular formula is C24H25BrN2. The second-order valence-corrected chi connectivity index (χ2v) is 9.25. The van der Waals surface area contributed by atoms with Crippen LogP contribution in [0, 0.1) is 26.2 Å². The number of nitrogens with zero attached hydrogens (tertiary/aromatic N) is 2. The normalized spacial score (nSPS) is 17.3. The Hall–Kier alpha value is -2.00. The van der Waals surface area contributed by atoms with Crippen molar-refractivity contribution in [2.75, 3.05) is 0 Å². The van der Waals surface area contributed by atoms with E-state index in [4.69, 9.17) is 9.98 Å². The first-order chi connectivity index (χ1) is 12.8. The van der Waals surface area contributed by atoms with Crippen LogP contribution < -0.4 is 0 Å². The molecule has 138 valence electrons. The Bertz CT molecular complexity index is 1070. The van der Waals surface area contributed by atoms with Crippen LogP contribution in [0.2, 0.25) is 0 Å². The minimum absolute atomic E-state index is 0.00129. The Kier molecular flexibility index (Phi) is 4.46. The molecule has 0 aliphatic heterocycles. The molecule has 3 aromatic rings. The van der Waals surface area contributed by atoms with Crippen molar-refractivity contribution in [3.05, 3.63) is 68.8 Å². The fraction of sp³-hybridized carbons (Fsp3) is 0.333. The Balaban J connectivity index is 1.99. The average molecular weight is 421 g/mol. The summed E-state index contributed by atoms with van der Waals surface area (Å²) in [5, 5.41) is 1.19. The van der Waals surface area contributed by atoms with Gasteiger partial charge in [0.15, 0.2) is 0 Å². The van der Waals surface area contributed by atoms with Crippen LogP contribution >= 0.6 is 15.9 Å². The number of aliphatic imine (C=N–C) groups is 1. The molecule has 3 heteroatoms. The second kappa shape index (κ2) is 6.56. The monoisotopic (exact) mass is 420 g/mol. The molecule has 1 heterocycles. The van der Waals surface area contributed by atoms with E-state index in [-0.39, 0.29) is 5.41 Å². The first-order valence-electron chi connectivity index (χ1n) is 9.52. The summed E-state index contributed by atoms with van der Waals surface area (Å²) in [4.78, 5) is 10.3. The van der Waals surface area contributed by atoms with Gasteiger partial charge in [-0.15, -0.1) is 0 Å². The maximum absolute atomic E-state index is 5.23. The van der Waals surface area contributed by atoms with E-state index in [1.807, 2.05) is 0 Å². The van der Waals surface area contributed by atoms with Gasteiger partial charge < -0.3 is 0 Å². The number of aryl methyl sites for hydroxylation is 4. The molecule has 2 nitrogen and oxygen atoms in total. The van der Waals surface area contributed by atoms with E-state index in [1.54, 1.807) is 0 Å². The Morgan fingerprint density at radius 3 is 2.44 bits per heavy atom. The zero-order valence-corrected chi connectivity index (χ0v) is 18.2. The van der Waals surface area contributed by atoms with Gasteiger partial charge in [-0.3, -0.25) is 4.99 Å². The van der Waals surface area contributed by atoms with Crippen LogP contribution in [0.4, 0.5) is 5.69 Å². The summed E-state index contributed by atoms with van der Waals surface area (Å²) >= 11 is 3.67. The van der Waals surface area contributed by atoms with Gasteiger partial charge in [-0.2, -0.15) is 0 Å². The number of halogens is 1. The Morgan fingerprint density at radius 2 is 1.74 bits per heavy atom. The van der Waals surface area contributed by atoms with Gasteiger partial charge in [0.2, 0.25) is 0 Å². The van der Waals surface area contributed by atoms with Crippen molar-refractivity contribution in [3.63, 3.8) is 0 Å². The molecule has 0 unspecified atom stereocenters. The van der Waals surface area contributed by atoms with Crippen molar-refractivity contribution in [1.29, 1.82) is 0 Å². The maximum Gasteiger partial charge on any atom is 0.0890 e. The van der Waals surface area contributed by atoms with Crippen LogP contribution in [0.3, 0.4) is 0 Å². The summed E-state index contributed by atoms with van der Waals surface area (Å²) in [6.45, 7) is 11.0. The molecule has 27 heavy (non-hydrogen) atoms. The number of hydrogen-bond donors (Lipinski definition) is 0. The van der Waals surface area contributed by atoms with Gasteiger partial charge in [-0.1, -0.05) is 43.7 Å². The fourth-order valence-corrected chi connectivity index (χ4v) is 4.62. The van der Waals surface area contributed by atoms with Crippen LogP contribution in [0.1, 0.15) is 48.2 Å². The lowest BCUT2D eigenvalue weighted by Crippen LogP contribution is -2.32. The van der Waals surface area contributed by atoms with Crippen molar-refractivity contribution in [1.82, 2.24) is 4.98 Å². The predicted molar refractivity (Wildman–Crippen MR) is 118 cm³/mol. The summed E-state index contributed by atoms with van der Waals surface area (Å²) < 4.78 is 1.04. The van der Waals surface area contributed by atoms with Crippen molar-refractivity contribution < 1.29 is 0 Å². The summed E-state index contributed by atoms with van der Waals surface area (Å²) in [6, 6.07) is 13.0. The average Bonchev–Trinajstić information content (AvgIpc) is 2.58. The molecule has 0 bridgehead atoms. The van der Waals surface area contributed by atoms with Gasteiger partial charge in [0, 0.05) is 15.3 Å². The number of fused-ring (bicyclic) bond motifs is 2. The lowest BCUT2D eigenvalue weighted by molar-refractivity contribution is 0.463. The van der Waals surface area contributed by atoms with Gasteiger partial charge in [-0.25, -0.2) is 4.98 Å². The van der Waals surface area contributed by atoms with Crippen molar-refractivity contribution >= 4 is 38.2 Å². The Morgan fingerprint density at radius 1 is 1.04 bits per heavy atom. The highest BCUT2D eigenvalue weighted by Gasteiger charge is 2.34. The summed E-state index contributed by atoms with van der Waals surface area (Å²) in [5.41, 5.74) is 9.31. The van der Waals surface area contributed by atoms with Crippen LogP contribution in [0.5, 0.6) is 0 Å². The lowest BCUT2D eigenvalue weighted by atomic mass is 9.74. The molecule has 0 atom stereocenters. The first kappa shape index (κ1) is 18.4. The maximum atomic E-state index is 5.23. The molecule has 1 aromatic heterocycles. The summed E-state index contributed by atoms with van der Waals surface area (Å²) in [5.74, 6) is 0. The summed E-state index contributed by atoms with van der Waals surface area (Å²) in [7, 11) is 0. The topological polar surface area (TPSA) is 25.2 Å². The van der Waals surface area contributed by atoms with Crippen LogP contribution in [0.25, 0.3) is 10.9 Å². The molecular weight excluding hydrogens is 396 g/mol. The molecule has 0 saturated heterocycles. The zero-order valence-electron chi connectivity index (χ0n) is 16.7. The molecule has 2 aromatic carbocycles.